The third-order valence-electron chi connectivity index (χ3n) is 5.77. The molecule has 0 aliphatic heterocycles. The number of hydrogen-bond donors (Lipinski definition) is 2. The van der Waals surface area contributed by atoms with E-state index in [4.69, 9.17) is 22.0 Å². The highest BCUT2D eigenvalue weighted by atomic mass is 32.1. The van der Waals surface area contributed by atoms with Gasteiger partial charge in [0.2, 0.25) is 0 Å². The van der Waals surface area contributed by atoms with Gasteiger partial charge in [-0.2, -0.15) is 16.8 Å². The Morgan fingerprint density at radius 2 is 1.07 bits per heavy atom. The number of aromatic nitrogens is 2. The summed E-state index contributed by atoms with van der Waals surface area (Å²) in [6.45, 7) is 0. The van der Waals surface area contributed by atoms with E-state index in [0.717, 1.165) is 33.2 Å². The van der Waals surface area contributed by atoms with Crippen molar-refractivity contribution in [1.82, 2.24) is 9.13 Å². The minimum Gasteiger partial charge on any atom is -0.317 e. The van der Waals surface area contributed by atoms with Crippen molar-refractivity contribution in [3.63, 3.8) is 0 Å². The molecule has 0 spiro atoms. The minimum absolute atomic E-state index is 0.119. The second-order valence-corrected chi connectivity index (χ2v) is 8.34. The number of rotatable bonds is 4. The number of fused-ring (bicyclic) bond motifs is 2. The summed E-state index contributed by atoms with van der Waals surface area (Å²) in [6.07, 6.45) is 3.95. The Labute approximate surface area is 240 Å². The van der Waals surface area contributed by atoms with Crippen molar-refractivity contribution >= 4 is 56.3 Å². The maximum atomic E-state index is 10.7. The molecule has 0 fully saturated rings. The van der Waals surface area contributed by atoms with Crippen LogP contribution in [0.2, 0.25) is 0 Å². The van der Waals surface area contributed by atoms with Crippen LogP contribution in [0, 0.1) is 10.1 Å². The molecule has 0 bridgehead atoms. The van der Waals surface area contributed by atoms with Gasteiger partial charge in [0, 0.05) is 46.7 Å². The normalized spacial score (nSPS) is 9.68. The summed E-state index contributed by atoms with van der Waals surface area (Å²) >= 11 is -1.50. The lowest BCUT2D eigenvalue weighted by atomic mass is 10.2. The molecular weight excluding hydrogens is 568 g/mol. The maximum absolute atomic E-state index is 10.7. The molecule has 2 aromatic heterocycles. The Hall–Kier alpha value is -5.24. The van der Waals surface area contributed by atoms with E-state index in [2.05, 4.69) is 22.2 Å². The average molecular weight is 591 g/mol. The second kappa shape index (κ2) is 15.4. The maximum Gasteiger partial charge on any atom is 0.335 e. The Morgan fingerprint density at radius 1 is 0.634 bits per heavy atom. The standard InChI is InChI=1S/C14H10N2O2.C14H12N2O.2O2S/c17-16(18)13-6-7-14-11(10-13)8-9-15(14)12-4-2-1-3-5-12;17-15-12-6-7-14-11(10-12)8-9-16(14)13-4-2-1-3-5-13;2*1-3-2/h1-10H;1-10,15,17H;;. The number of nitro benzene ring substituents is 1. The van der Waals surface area contributed by atoms with Crippen molar-refractivity contribution in [3.8, 4) is 11.4 Å². The van der Waals surface area contributed by atoms with E-state index in [0.29, 0.717) is 5.69 Å². The lowest BCUT2D eigenvalue weighted by molar-refractivity contribution is -0.384. The first kappa shape index (κ1) is 30.3. The van der Waals surface area contributed by atoms with Gasteiger partial charge < -0.3 is 9.13 Å². The van der Waals surface area contributed by atoms with Crippen LogP contribution in [0.15, 0.2) is 122 Å². The second-order valence-electron chi connectivity index (χ2n) is 8.06. The molecule has 6 rings (SSSR count). The van der Waals surface area contributed by atoms with E-state index in [1.807, 2.05) is 95.8 Å². The van der Waals surface area contributed by atoms with E-state index >= 15 is 0 Å². The van der Waals surface area contributed by atoms with Crippen LogP contribution in [0.4, 0.5) is 11.4 Å². The lowest BCUT2D eigenvalue weighted by Gasteiger charge is -2.05. The monoisotopic (exact) mass is 590 g/mol. The van der Waals surface area contributed by atoms with E-state index in [-0.39, 0.29) is 10.6 Å². The smallest absolute Gasteiger partial charge is 0.317 e. The van der Waals surface area contributed by atoms with Gasteiger partial charge in [0.1, 0.15) is 0 Å². The molecule has 0 radical (unpaired) electrons. The summed E-state index contributed by atoms with van der Waals surface area (Å²) < 4.78 is 37.3. The Balaban J connectivity index is 0.000000190. The Bertz CT molecular complexity index is 1800. The molecular formula is C28H22N4O7S2. The highest BCUT2D eigenvalue weighted by molar-refractivity contribution is 7.51. The van der Waals surface area contributed by atoms with Crippen LogP contribution in [0.1, 0.15) is 0 Å². The van der Waals surface area contributed by atoms with Crippen LogP contribution in [-0.2, 0) is 23.1 Å². The summed E-state index contributed by atoms with van der Waals surface area (Å²) in [6, 6.07) is 34.6. The number of non-ortho nitro benzene ring substituents is 1. The summed E-state index contributed by atoms with van der Waals surface area (Å²) in [5.41, 5.74) is 7.23. The zero-order chi connectivity index (χ0) is 29.6. The van der Waals surface area contributed by atoms with Crippen molar-refractivity contribution in [2.45, 2.75) is 0 Å². The van der Waals surface area contributed by atoms with E-state index < -0.39 is 23.1 Å². The molecule has 41 heavy (non-hydrogen) atoms. The highest BCUT2D eigenvalue weighted by Gasteiger charge is 2.09. The first-order valence-electron chi connectivity index (χ1n) is 11.7. The SMILES string of the molecule is O=S=O.O=S=O.O=[N+]([O-])c1ccc2c(ccn2-c2ccccc2)c1.ONc1ccc2c(ccn2-c2ccccc2)c1. The summed E-state index contributed by atoms with van der Waals surface area (Å²) in [5, 5.41) is 21.5. The van der Waals surface area contributed by atoms with Gasteiger partial charge in [-0.25, -0.2) is 0 Å². The van der Waals surface area contributed by atoms with Crippen LogP contribution >= 0.6 is 0 Å². The molecule has 0 aliphatic carbocycles. The van der Waals surface area contributed by atoms with Gasteiger partial charge in [-0.1, -0.05) is 36.4 Å². The molecule has 0 aliphatic rings. The molecule has 0 atom stereocenters. The van der Waals surface area contributed by atoms with Crippen LogP contribution in [-0.4, -0.2) is 36.1 Å². The van der Waals surface area contributed by atoms with E-state index in [1.54, 1.807) is 12.1 Å². The zero-order valence-corrected chi connectivity index (χ0v) is 22.7. The van der Waals surface area contributed by atoms with Gasteiger partial charge in [0.15, 0.2) is 0 Å². The van der Waals surface area contributed by atoms with Crippen molar-refractivity contribution < 1.29 is 27.0 Å². The molecule has 2 heterocycles. The fourth-order valence-corrected chi connectivity index (χ4v) is 4.08. The lowest BCUT2D eigenvalue weighted by Crippen LogP contribution is -1.92. The fourth-order valence-electron chi connectivity index (χ4n) is 4.08. The van der Waals surface area contributed by atoms with Crippen molar-refractivity contribution in [3.05, 3.63) is 132 Å². The zero-order valence-electron chi connectivity index (χ0n) is 21.1. The fraction of sp³-hybridized carbons (Fsp3) is 0. The van der Waals surface area contributed by atoms with Gasteiger partial charge >= 0.3 is 23.1 Å². The molecule has 6 aromatic rings. The molecule has 0 amide bonds. The van der Waals surface area contributed by atoms with Crippen molar-refractivity contribution in [2.24, 2.45) is 0 Å². The summed E-state index contributed by atoms with van der Waals surface area (Å²) in [4.78, 5) is 10.3. The van der Waals surface area contributed by atoms with Gasteiger partial charge in [0.05, 0.1) is 21.6 Å². The average Bonchev–Trinajstić information content (AvgIpc) is 3.63. The Morgan fingerprint density at radius 3 is 1.51 bits per heavy atom. The van der Waals surface area contributed by atoms with Gasteiger partial charge in [-0.15, -0.1) is 0 Å². The molecule has 0 unspecified atom stereocenters. The van der Waals surface area contributed by atoms with Gasteiger partial charge in [0.25, 0.3) is 5.69 Å². The largest absolute Gasteiger partial charge is 0.335 e. The molecule has 2 N–H and O–H groups in total. The molecule has 4 aromatic carbocycles. The number of benzene rings is 4. The highest BCUT2D eigenvalue weighted by Crippen LogP contribution is 2.25. The first-order chi connectivity index (χ1) is 20.0. The summed E-state index contributed by atoms with van der Waals surface area (Å²) in [5.74, 6) is 0. The van der Waals surface area contributed by atoms with Gasteiger partial charge in [-0.05, 0) is 60.7 Å². The number of hydrogen-bond acceptors (Lipinski definition) is 8. The summed E-state index contributed by atoms with van der Waals surface area (Å²) in [7, 11) is 0. The molecule has 13 heteroatoms. The number of nitrogens with one attached hydrogen (secondary N) is 1. The van der Waals surface area contributed by atoms with Crippen LogP contribution < -0.4 is 5.48 Å². The topological polar surface area (TPSA) is 154 Å². The Kier molecular flexibility index (Phi) is 11.4. The number of nitrogens with zero attached hydrogens (tertiary/aromatic N) is 3. The van der Waals surface area contributed by atoms with Crippen LogP contribution in [0.5, 0.6) is 0 Å². The third-order valence-corrected chi connectivity index (χ3v) is 5.77. The minimum atomic E-state index is -0.750. The van der Waals surface area contributed by atoms with E-state index in [1.165, 1.54) is 6.07 Å². The number of anilines is 1. The molecule has 0 saturated heterocycles. The molecule has 208 valence electrons. The predicted octanol–water partition coefficient (Wildman–Crippen LogP) is 5.63. The third kappa shape index (κ3) is 7.89. The molecule has 11 nitrogen and oxygen atoms in total. The quantitative estimate of drug-likeness (QED) is 0.198. The number of para-hydroxylation sites is 2. The van der Waals surface area contributed by atoms with Gasteiger partial charge in [-0.3, -0.25) is 20.8 Å². The first-order valence-corrected chi connectivity index (χ1v) is 13.0. The number of nitro groups is 1. The van der Waals surface area contributed by atoms with Crippen molar-refractivity contribution in [1.29, 1.82) is 0 Å². The molecule has 0 saturated carbocycles. The van der Waals surface area contributed by atoms with Crippen molar-refractivity contribution in [2.75, 3.05) is 5.48 Å². The van der Waals surface area contributed by atoms with E-state index in [9.17, 15) is 10.1 Å². The van der Waals surface area contributed by atoms with Crippen LogP contribution in [0.3, 0.4) is 0 Å². The van der Waals surface area contributed by atoms with Crippen LogP contribution in [0.25, 0.3) is 33.2 Å². The predicted molar refractivity (Wildman–Crippen MR) is 156 cm³/mol.